The molecule has 6 nitrogen and oxygen atoms in total. The molecule has 0 amide bonds. The molecule has 144 valence electrons. The maximum Gasteiger partial charge on any atom is 0.194 e. The number of nitrogens with zero attached hydrogens (tertiary/aromatic N) is 5. The molecule has 3 rings (SSSR count). The third-order valence-corrected chi connectivity index (χ3v) is 5.84. The van der Waals surface area contributed by atoms with Crippen molar-refractivity contribution in [2.24, 2.45) is 12.0 Å². The van der Waals surface area contributed by atoms with Crippen LogP contribution in [0.2, 0.25) is 4.34 Å². The maximum absolute atomic E-state index is 6.06. The predicted octanol–water partition coefficient (Wildman–Crippen LogP) is 3.98. The average Bonchev–Trinajstić information content (AvgIpc) is 3.30. The molecule has 2 aromatic heterocycles. The Morgan fingerprint density at radius 3 is 2.69 bits per heavy atom. The van der Waals surface area contributed by atoms with Crippen molar-refractivity contribution in [1.82, 2.24) is 25.0 Å². The number of aliphatic imine (C=N–C) groups is 1. The molecule has 0 bridgehead atoms. The van der Waals surface area contributed by atoms with Gasteiger partial charge in [0, 0.05) is 25.0 Å². The standard InChI is InChI=1S/C17H25ClN6S.HI/c1-12-21-22-16(24(12)3)10-19-17(20-13-6-4-5-7-13)23(2)11-14-8-9-15(18)25-14;/h8-9,13H,4-7,10-11H2,1-3H3,(H,19,20);1H. The maximum atomic E-state index is 6.06. The van der Waals surface area contributed by atoms with Crippen LogP contribution in [0, 0.1) is 6.92 Å². The van der Waals surface area contributed by atoms with E-state index in [2.05, 4.69) is 33.5 Å². The van der Waals surface area contributed by atoms with E-state index < -0.39 is 0 Å². The Bertz CT molecular complexity index is 737. The van der Waals surface area contributed by atoms with Crippen LogP contribution >= 0.6 is 46.9 Å². The van der Waals surface area contributed by atoms with Crippen molar-refractivity contribution < 1.29 is 0 Å². The lowest BCUT2D eigenvalue weighted by atomic mass is 10.2. The van der Waals surface area contributed by atoms with Crippen LogP contribution in [-0.4, -0.2) is 38.7 Å². The molecule has 1 aliphatic carbocycles. The topological polar surface area (TPSA) is 58.3 Å². The van der Waals surface area contributed by atoms with Gasteiger partial charge < -0.3 is 14.8 Å². The van der Waals surface area contributed by atoms with Crippen LogP contribution in [0.15, 0.2) is 17.1 Å². The molecule has 0 aliphatic heterocycles. The van der Waals surface area contributed by atoms with Gasteiger partial charge in [0.2, 0.25) is 0 Å². The highest BCUT2D eigenvalue weighted by atomic mass is 127. The number of hydrogen-bond acceptors (Lipinski definition) is 4. The lowest BCUT2D eigenvalue weighted by Crippen LogP contribution is -2.43. The van der Waals surface area contributed by atoms with Crippen LogP contribution in [0.3, 0.4) is 0 Å². The second kappa shape index (κ2) is 9.89. The SMILES string of the molecule is Cc1nnc(CN=C(NC2CCCC2)N(C)Cc2ccc(Cl)s2)n1C.I. The number of aromatic nitrogens is 3. The van der Waals surface area contributed by atoms with Gasteiger partial charge in [-0.2, -0.15) is 0 Å². The first-order valence-corrected chi connectivity index (χ1v) is 9.83. The van der Waals surface area contributed by atoms with Gasteiger partial charge in [-0.3, -0.25) is 0 Å². The molecule has 1 N–H and O–H groups in total. The van der Waals surface area contributed by atoms with E-state index in [0.717, 1.165) is 28.5 Å². The second-order valence-corrected chi connectivity index (χ2v) is 8.35. The fourth-order valence-electron chi connectivity index (χ4n) is 3.01. The molecule has 1 saturated carbocycles. The molecule has 1 aliphatic rings. The molecule has 9 heteroatoms. The number of rotatable bonds is 5. The number of thiophene rings is 1. The zero-order valence-electron chi connectivity index (χ0n) is 15.4. The zero-order valence-corrected chi connectivity index (χ0v) is 19.3. The summed E-state index contributed by atoms with van der Waals surface area (Å²) in [6, 6.07) is 4.52. The Morgan fingerprint density at radius 1 is 1.38 bits per heavy atom. The smallest absolute Gasteiger partial charge is 0.194 e. The number of guanidine groups is 1. The summed E-state index contributed by atoms with van der Waals surface area (Å²) in [7, 11) is 4.04. The highest BCUT2D eigenvalue weighted by Crippen LogP contribution is 2.23. The number of halogens is 2. The van der Waals surface area contributed by atoms with Crippen molar-refractivity contribution in [3.05, 3.63) is 33.0 Å². The summed E-state index contributed by atoms with van der Waals surface area (Å²) in [6.07, 6.45) is 5.00. The minimum Gasteiger partial charge on any atom is -0.353 e. The molecule has 0 unspecified atom stereocenters. The number of nitrogens with one attached hydrogen (secondary N) is 1. The van der Waals surface area contributed by atoms with E-state index in [1.807, 2.05) is 24.6 Å². The Labute approximate surface area is 181 Å². The van der Waals surface area contributed by atoms with E-state index >= 15 is 0 Å². The largest absolute Gasteiger partial charge is 0.353 e. The van der Waals surface area contributed by atoms with Gasteiger partial charge in [0.25, 0.3) is 0 Å². The van der Waals surface area contributed by atoms with E-state index in [4.69, 9.17) is 16.6 Å². The van der Waals surface area contributed by atoms with Crippen LogP contribution < -0.4 is 5.32 Å². The van der Waals surface area contributed by atoms with Gasteiger partial charge in [-0.1, -0.05) is 24.4 Å². The Kier molecular flexibility index (Phi) is 8.15. The van der Waals surface area contributed by atoms with Gasteiger partial charge in [0.05, 0.1) is 10.9 Å². The quantitative estimate of drug-likeness (QED) is 0.377. The molecular weight excluding hydrogens is 483 g/mol. The summed E-state index contributed by atoms with van der Waals surface area (Å²) in [5, 5.41) is 11.9. The first-order chi connectivity index (χ1) is 12.0. The third kappa shape index (κ3) is 5.56. The van der Waals surface area contributed by atoms with Crippen LogP contribution in [0.25, 0.3) is 0 Å². The first kappa shape index (κ1) is 21.4. The van der Waals surface area contributed by atoms with E-state index in [1.54, 1.807) is 11.3 Å². The summed E-state index contributed by atoms with van der Waals surface area (Å²) in [5.74, 6) is 2.69. The van der Waals surface area contributed by atoms with Crippen molar-refractivity contribution in [1.29, 1.82) is 0 Å². The number of aryl methyl sites for hydroxylation is 1. The minimum absolute atomic E-state index is 0. The summed E-state index contributed by atoms with van der Waals surface area (Å²) in [4.78, 5) is 8.20. The zero-order chi connectivity index (χ0) is 17.8. The molecule has 0 spiro atoms. The first-order valence-electron chi connectivity index (χ1n) is 8.64. The van der Waals surface area contributed by atoms with Crippen molar-refractivity contribution in [2.75, 3.05) is 7.05 Å². The third-order valence-electron chi connectivity index (χ3n) is 4.62. The highest BCUT2D eigenvalue weighted by molar-refractivity contribution is 14.0. The molecule has 0 radical (unpaired) electrons. The van der Waals surface area contributed by atoms with Gasteiger partial charge in [0.1, 0.15) is 12.4 Å². The fraction of sp³-hybridized carbons (Fsp3) is 0.588. The van der Waals surface area contributed by atoms with Gasteiger partial charge in [-0.05, 0) is 31.9 Å². The minimum atomic E-state index is 0. The van der Waals surface area contributed by atoms with Crippen molar-refractivity contribution in [3.8, 4) is 0 Å². The number of hydrogen-bond donors (Lipinski definition) is 1. The van der Waals surface area contributed by atoms with E-state index in [1.165, 1.54) is 30.6 Å². The lowest BCUT2D eigenvalue weighted by molar-refractivity contribution is 0.460. The Balaban J connectivity index is 0.00000243. The summed E-state index contributed by atoms with van der Waals surface area (Å²) in [5.41, 5.74) is 0. The Morgan fingerprint density at radius 2 is 2.12 bits per heavy atom. The molecular formula is C17H26ClIN6S. The summed E-state index contributed by atoms with van der Waals surface area (Å²) < 4.78 is 2.80. The van der Waals surface area contributed by atoms with Crippen LogP contribution in [-0.2, 0) is 20.1 Å². The van der Waals surface area contributed by atoms with Crippen molar-refractivity contribution in [3.63, 3.8) is 0 Å². The fourth-order valence-corrected chi connectivity index (χ4v) is 4.15. The van der Waals surface area contributed by atoms with E-state index in [9.17, 15) is 0 Å². The molecule has 1 fully saturated rings. The van der Waals surface area contributed by atoms with Crippen LogP contribution in [0.1, 0.15) is 42.2 Å². The summed E-state index contributed by atoms with van der Waals surface area (Å²) >= 11 is 7.67. The Hall–Kier alpha value is -0.870. The molecule has 2 heterocycles. The molecule has 0 atom stereocenters. The molecule has 2 aromatic rings. The average molecular weight is 509 g/mol. The predicted molar refractivity (Wildman–Crippen MR) is 118 cm³/mol. The molecule has 0 saturated heterocycles. The van der Waals surface area contributed by atoms with Crippen molar-refractivity contribution in [2.45, 2.75) is 51.7 Å². The van der Waals surface area contributed by atoms with Gasteiger partial charge in [-0.25, -0.2) is 4.99 Å². The van der Waals surface area contributed by atoms with Crippen LogP contribution in [0.5, 0.6) is 0 Å². The monoisotopic (exact) mass is 508 g/mol. The van der Waals surface area contributed by atoms with Crippen molar-refractivity contribution >= 4 is 52.9 Å². The molecule has 0 aromatic carbocycles. The van der Waals surface area contributed by atoms with Crippen LogP contribution in [0.4, 0.5) is 0 Å². The second-order valence-electron chi connectivity index (χ2n) is 6.55. The van der Waals surface area contributed by atoms with E-state index in [-0.39, 0.29) is 24.0 Å². The molecule has 26 heavy (non-hydrogen) atoms. The van der Waals surface area contributed by atoms with Gasteiger partial charge in [0.15, 0.2) is 11.8 Å². The summed E-state index contributed by atoms with van der Waals surface area (Å²) in [6.45, 7) is 3.25. The normalized spacial score (nSPS) is 15.2. The van der Waals surface area contributed by atoms with Gasteiger partial charge in [-0.15, -0.1) is 45.5 Å². The van der Waals surface area contributed by atoms with E-state index in [0.29, 0.717) is 12.6 Å². The van der Waals surface area contributed by atoms with Gasteiger partial charge >= 0.3 is 0 Å². The lowest BCUT2D eigenvalue weighted by Gasteiger charge is -2.25. The highest BCUT2D eigenvalue weighted by Gasteiger charge is 2.19.